The molecule has 0 atom stereocenters. The smallest absolute Gasteiger partial charge is 0.278 e. The van der Waals surface area contributed by atoms with Gasteiger partial charge >= 0.3 is 0 Å². The van der Waals surface area contributed by atoms with Gasteiger partial charge in [0.05, 0.1) is 5.57 Å². The quantitative estimate of drug-likeness (QED) is 0.565. The fourth-order valence-electron chi connectivity index (χ4n) is 5.15. The molecule has 2 heterocycles. The van der Waals surface area contributed by atoms with Crippen molar-refractivity contribution in [2.75, 3.05) is 38.0 Å². The van der Waals surface area contributed by atoms with Gasteiger partial charge in [-0.05, 0) is 37.1 Å². The molecule has 0 unspecified atom stereocenters. The normalized spacial score (nSPS) is 21.3. The third-order valence-electron chi connectivity index (χ3n) is 6.91. The third-order valence-corrected chi connectivity index (χ3v) is 6.91. The highest BCUT2D eigenvalue weighted by atomic mass is 16.2. The maximum atomic E-state index is 13.7. The van der Waals surface area contributed by atoms with E-state index in [1.54, 1.807) is 17.0 Å². The topological polar surface area (TPSA) is 73.0 Å². The molecule has 172 valence electrons. The molecule has 4 rings (SSSR count). The molecule has 1 aromatic carbocycles. The van der Waals surface area contributed by atoms with Gasteiger partial charge in [0.1, 0.15) is 5.70 Å². The Labute approximate surface area is 190 Å². The molecule has 32 heavy (non-hydrogen) atoms. The molecule has 3 aliphatic rings. The Morgan fingerprint density at radius 2 is 1.56 bits per heavy atom. The average molecular weight is 439 g/mol. The molecule has 1 aromatic rings. The molecule has 7 nitrogen and oxygen atoms in total. The highest BCUT2D eigenvalue weighted by Crippen LogP contribution is 2.36. The van der Waals surface area contributed by atoms with Crippen LogP contribution in [0.25, 0.3) is 5.57 Å². The van der Waals surface area contributed by atoms with E-state index in [4.69, 9.17) is 0 Å². The van der Waals surface area contributed by atoms with Crippen LogP contribution in [0.1, 0.15) is 57.9 Å². The van der Waals surface area contributed by atoms with E-state index in [0.29, 0.717) is 17.0 Å². The molecule has 1 saturated heterocycles. The van der Waals surface area contributed by atoms with Crippen molar-refractivity contribution in [1.29, 1.82) is 0 Å². The lowest BCUT2D eigenvalue weighted by atomic mass is 10.0. The van der Waals surface area contributed by atoms with Crippen molar-refractivity contribution in [3.05, 3.63) is 35.5 Å². The number of nitrogens with one attached hydrogen (secondary N) is 1. The standard InChI is InChI=1S/C25H34N4O3/c1-3-27-14-16-28(17-15-27)23-22(19-10-12-20(13-11-19)26-18(2)30)24(31)29(25(23)32)21-8-6-4-5-7-9-21/h10-13,21H,3-9,14-17H2,1-2H3,(H,26,30). The number of carbonyl (C=O) groups is 3. The summed E-state index contributed by atoms with van der Waals surface area (Å²) in [7, 11) is 0. The summed E-state index contributed by atoms with van der Waals surface area (Å²) >= 11 is 0. The molecule has 1 N–H and O–H groups in total. The molecule has 3 amide bonds. The molecule has 1 aliphatic carbocycles. The van der Waals surface area contributed by atoms with Crippen LogP contribution in [0, 0.1) is 0 Å². The Morgan fingerprint density at radius 3 is 2.12 bits per heavy atom. The first-order valence-corrected chi connectivity index (χ1v) is 12.0. The van der Waals surface area contributed by atoms with Crippen LogP contribution in [0.3, 0.4) is 0 Å². The first kappa shape index (κ1) is 22.5. The number of piperazine rings is 1. The first-order valence-electron chi connectivity index (χ1n) is 12.0. The molecular weight excluding hydrogens is 404 g/mol. The monoisotopic (exact) mass is 438 g/mol. The first-order chi connectivity index (χ1) is 15.5. The van der Waals surface area contributed by atoms with E-state index < -0.39 is 0 Å². The molecular formula is C25H34N4O3. The zero-order valence-electron chi connectivity index (χ0n) is 19.2. The Kier molecular flexibility index (Phi) is 6.94. The fraction of sp³-hybridized carbons (Fsp3) is 0.560. The van der Waals surface area contributed by atoms with Crippen LogP contribution >= 0.6 is 0 Å². The number of rotatable bonds is 5. The Hall–Kier alpha value is -2.67. The maximum Gasteiger partial charge on any atom is 0.278 e. The van der Waals surface area contributed by atoms with E-state index in [-0.39, 0.29) is 23.8 Å². The number of carbonyl (C=O) groups excluding carboxylic acids is 3. The molecule has 7 heteroatoms. The fourth-order valence-corrected chi connectivity index (χ4v) is 5.15. The van der Waals surface area contributed by atoms with Gasteiger partial charge in [-0.1, -0.05) is 44.7 Å². The number of likely N-dealkylation sites (N-methyl/N-ethyl adjacent to an activating group) is 1. The molecule has 0 aromatic heterocycles. The number of anilines is 1. The van der Waals surface area contributed by atoms with Crippen molar-refractivity contribution >= 4 is 29.0 Å². The largest absolute Gasteiger partial charge is 0.364 e. The van der Waals surface area contributed by atoms with E-state index in [1.807, 2.05) is 12.1 Å². The van der Waals surface area contributed by atoms with Gasteiger partial charge in [0.15, 0.2) is 0 Å². The van der Waals surface area contributed by atoms with Gasteiger partial charge in [-0.3, -0.25) is 19.3 Å². The van der Waals surface area contributed by atoms with Crippen molar-refractivity contribution in [2.45, 2.75) is 58.4 Å². The highest BCUT2D eigenvalue weighted by molar-refractivity contribution is 6.35. The van der Waals surface area contributed by atoms with Gasteiger partial charge in [0.2, 0.25) is 5.91 Å². The minimum absolute atomic E-state index is 0.0133. The summed E-state index contributed by atoms with van der Waals surface area (Å²) < 4.78 is 0. The second kappa shape index (κ2) is 9.86. The second-order valence-electron chi connectivity index (χ2n) is 9.03. The van der Waals surface area contributed by atoms with Gasteiger partial charge in [0, 0.05) is 44.8 Å². The lowest BCUT2D eigenvalue weighted by molar-refractivity contribution is -0.140. The summed E-state index contributed by atoms with van der Waals surface area (Å²) in [6.07, 6.45) is 6.25. The number of benzene rings is 1. The predicted molar refractivity (Wildman–Crippen MR) is 125 cm³/mol. The summed E-state index contributed by atoms with van der Waals surface area (Å²) in [5, 5.41) is 2.76. The summed E-state index contributed by atoms with van der Waals surface area (Å²) in [6.45, 7) is 7.87. The van der Waals surface area contributed by atoms with Crippen LogP contribution in [0.5, 0.6) is 0 Å². The lowest BCUT2D eigenvalue weighted by Crippen LogP contribution is -2.48. The van der Waals surface area contributed by atoms with E-state index in [9.17, 15) is 14.4 Å². The zero-order valence-corrected chi connectivity index (χ0v) is 19.2. The van der Waals surface area contributed by atoms with Crippen LogP contribution in [0.4, 0.5) is 5.69 Å². The summed E-state index contributed by atoms with van der Waals surface area (Å²) in [5.74, 6) is -0.437. The average Bonchev–Trinajstić information content (AvgIpc) is 2.94. The summed E-state index contributed by atoms with van der Waals surface area (Å²) in [6, 6.07) is 7.25. The summed E-state index contributed by atoms with van der Waals surface area (Å²) in [5.41, 5.74) is 2.49. The Balaban J connectivity index is 1.68. The van der Waals surface area contributed by atoms with Crippen molar-refractivity contribution in [3.8, 4) is 0 Å². The van der Waals surface area contributed by atoms with Crippen molar-refractivity contribution < 1.29 is 14.4 Å². The molecule has 0 bridgehead atoms. The second-order valence-corrected chi connectivity index (χ2v) is 9.03. The molecule has 0 radical (unpaired) electrons. The molecule has 0 spiro atoms. The van der Waals surface area contributed by atoms with Crippen LogP contribution in [0.2, 0.25) is 0 Å². The Bertz CT molecular complexity index is 892. The van der Waals surface area contributed by atoms with Crippen LogP contribution in [0.15, 0.2) is 30.0 Å². The van der Waals surface area contributed by atoms with Crippen LogP contribution in [-0.4, -0.2) is 71.2 Å². The maximum absolute atomic E-state index is 13.7. The molecule has 2 fully saturated rings. The van der Waals surface area contributed by atoms with E-state index >= 15 is 0 Å². The summed E-state index contributed by atoms with van der Waals surface area (Å²) in [4.78, 5) is 44.8. The molecule has 1 saturated carbocycles. The highest BCUT2D eigenvalue weighted by Gasteiger charge is 2.45. The van der Waals surface area contributed by atoms with E-state index in [2.05, 4.69) is 22.0 Å². The van der Waals surface area contributed by atoms with Crippen LogP contribution in [-0.2, 0) is 14.4 Å². The minimum Gasteiger partial charge on any atom is -0.364 e. The number of imide groups is 1. The van der Waals surface area contributed by atoms with Crippen molar-refractivity contribution in [1.82, 2.24) is 14.7 Å². The number of amides is 3. The number of nitrogens with zero attached hydrogens (tertiary/aromatic N) is 3. The lowest BCUT2D eigenvalue weighted by Gasteiger charge is -2.36. The molecule has 2 aliphatic heterocycles. The third kappa shape index (κ3) is 4.58. The number of hydrogen-bond acceptors (Lipinski definition) is 5. The van der Waals surface area contributed by atoms with Crippen molar-refractivity contribution in [2.24, 2.45) is 0 Å². The van der Waals surface area contributed by atoms with Gasteiger partial charge in [-0.25, -0.2) is 0 Å². The predicted octanol–water partition coefficient (Wildman–Crippen LogP) is 3.09. The van der Waals surface area contributed by atoms with E-state index in [0.717, 1.165) is 64.0 Å². The Morgan fingerprint density at radius 1 is 0.938 bits per heavy atom. The number of hydrogen-bond donors (Lipinski definition) is 1. The van der Waals surface area contributed by atoms with E-state index in [1.165, 1.54) is 19.8 Å². The van der Waals surface area contributed by atoms with Gasteiger partial charge in [-0.15, -0.1) is 0 Å². The van der Waals surface area contributed by atoms with Crippen LogP contribution < -0.4 is 5.32 Å². The zero-order chi connectivity index (χ0) is 22.7. The van der Waals surface area contributed by atoms with Crippen molar-refractivity contribution in [3.63, 3.8) is 0 Å². The van der Waals surface area contributed by atoms with Gasteiger partial charge in [-0.2, -0.15) is 0 Å². The SMILES string of the molecule is CCN1CCN(C2=C(c3ccc(NC(C)=O)cc3)C(=O)N(C3CCCCCC3)C2=O)CC1. The van der Waals surface area contributed by atoms with Gasteiger partial charge < -0.3 is 15.1 Å². The van der Waals surface area contributed by atoms with Gasteiger partial charge in [0.25, 0.3) is 11.8 Å². The minimum atomic E-state index is -0.165.